The number of hydrogen-bond donors (Lipinski definition) is 1. The third-order valence-corrected chi connectivity index (χ3v) is 3.55. The van der Waals surface area contributed by atoms with E-state index >= 15 is 0 Å². The third kappa shape index (κ3) is 3.82. The summed E-state index contributed by atoms with van der Waals surface area (Å²) in [4.78, 5) is 0. The van der Waals surface area contributed by atoms with Gasteiger partial charge in [0.2, 0.25) is 0 Å². The van der Waals surface area contributed by atoms with Gasteiger partial charge in [-0.25, -0.2) is 4.39 Å². The summed E-state index contributed by atoms with van der Waals surface area (Å²) in [6.45, 7) is 5.00. The molecule has 3 heteroatoms. The van der Waals surface area contributed by atoms with Crippen LogP contribution in [0.5, 0.6) is 5.75 Å². The summed E-state index contributed by atoms with van der Waals surface area (Å²) < 4.78 is 18.9. The van der Waals surface area contributed by atoms with Gasteiger partial charge in [-0.2, -0.15) is 0 Å². The van der Waals surface area contributed by atoms with Crippen LogP contribution in [0.25, 0.3) is 0 Å². The fourth-order valence-electron chi connectivity index (χ4n) is 2.42. The number of hydrogen-bond acceptors (Lipinski definition) is 2. The average Bonchev–Trinajstić information content (AvgIpc) is 2.49. The number of aryl methyl sites for hydroxylation is 1. The highest BCUT2D eigenvalue weighted by molar-refractivity contribution is 5.41. The zero-order chi connectivity index (χ0) is 15.2. The predicted molar refractivity (Wildman–Crippen MR) is 84.3 cm³/mol. The molecule has 1 unspecified atom stereocenters. The molecular formula is C18H22FNO. The molecule has 2 aromatic carbocycles. The normalized spacial score (nSPS) is 12.2. The Bertz CT molecular complexity index is 598. The van der Waals surface area contributed by atoms with Crippen molar-refractivity contribution in [3.8, 4) is 5.75 Å². The summed E-state index contributed by atoms with van der Waals surface area (Å²) in [5, 5.41) is 3.48. The Hall–Kier alpha value is -1.87. The maximum Gasteiger partial charge on any atom is 0.123 e. The van der Waals surface area contributed by atoms with Crippen molar-refractivity contribution in [1.29, 1.82) is 0 Å². The van der Waals surface area contributed by atoms with E-state index in [1.165, 1.54) is 6.07 Å². The second-order valence-electron chi connectivity index (χ2n) is 5.17. The van der Waals surface area contributed by atoms with E-state index in [4.69, 9.17) is 4.74 Å². The van der Waals surface area contributed by atoms with Crippen LogP contribution in [0, 0.1) is 12.7 Å². The first kappa shape index (κ1) is 15.5. The topological polar surface area (TPSA) is 21.3 Å². The first-order chi connectivity index (χ1) is 10.2. The van der Waals surface area contributed by atoms with Gasteiger partial charge in [-0.05, 0) is 54.8 Å². The van der Waals surface area contributed by atoms with E-state index in [-0.39, 0.29) is 11.9 Å². The van der Waals surface area contributed by atoms with Crippen LogP contribution in [0.15, 0.2) is 42.5 Å². The lowest BCUT2D eigenvalue weighted by Crippen LogP contribution is -2.23. The Morgan fingerprint density at radius 3 is 2.57 bits per heavy atom. The molecule has 0 aliphatic rings. The van der Waals surface area contributed by atoms with Gasteiger partial charge in [0.05, 0.1) is 13.2 Å². The van der Waals surface area contributed by atoms with Gasteiger partial charge in [-0.3, -0.25) is 0 Å². The molecule has 0 radical (unpaired) electrons. The molecule has 0 amide bonds. The number of halogens is 1. The summed E-state index contributed by atoms with van der Waals surface area (Å²) in [5.41, 5.74) is 3.10. The van der Waals surface area contributed by atoms with E-state index in [1.807, 2.05) is 25.1 Å². The molecule has 0 saturated carbocycles. The molecule has 2 rings (SSSR count). The van der Waals surface area contributed by atoms with Gasteiger partial charge in [0, 0.05) is 0 Å². The highest BCUT2D eigenvalue weighted by atomic mass is 19.1. The molecule has 0 spiro atoms. The van der Waals surface area contributed by atoms with Crippen molar-refractivity contribution in [2.24, 2.45) is 0 Å². The van der Waals surface area contributed by atoms with Crippen LogP contribution >= 0.6 is 0 Å². The Morgan fingerprint density at radius 2 is 1.90 bits per heavy atom. The van der Waals surface area contributed by atoms with Crippen LogP contribution in [-0.4, -0.2) is 13.7 Å². The molecule has 0 bridgehead atoms. The van der Waals surface area contributed by atoms with Gasteiger partial charge in [-0.1, -0.05) is 31.2 Å². The Balaban J connectivity index is 2.40. The molecule has 2 aromatic rings. The molecule has 0 aliphatic carbocycles. The van der Waals surface area contributed by atoms with Crippen LogP contribution in [-0.2, 0) is 0 Å². The molecule has 0 aromatic heterocycles. The second kappa shape index (κ2) is 7.23. The summed E-state index contributed by atoms with van der Waals surface area (Å²) in [6.07, 6.45) is 1.02. The van der Waals surface area contributed by atoms with Crippen molar-refractivity contribution in [3.05, 3.63) is 65.0 Å². The smallest absolute Gasteiger partial charge is 0.123 e. The zero-order valence-electron chi connectivity index (χ0n) is 12.8. The summed E-state index contributed by atoms with van der Waals surface area (Å²) in [7, 11) is 1.67. The Morgan fingerprint density at radius 1 is 1.14 bits per heavy atom. The van der Waals surface area contributed by atoms with Gasteiger partial charge in [0.25, 0.3) is 0 Å². The highest BCUT2D eigenvalue weighted by Gasteiger charge is 2.15. The SMILES string of the molecule is CCCNC(c1cccc(F)c1)c1ccc(C)c(OC)c1. The third-order valence-electron chi connectivity index (χ3n) is 3.55. The quantitative estimate of drug-likeness (QED) is 0.858. The van der Waals surface area contributed by atoms with Crippen molar-refractivity contribution in [2.75, 3.05) is 13.7 Å². The van der Waals surface area contributed by atoms with Crippen molar-refractivity contribution in [2.45, 2.75) is 26.3 Å². The van der Waals surface area contributed by atoms with Crippen molar-refractivity contribution < 1.29 is 9.13 Å². The molecule has 0 aliphatic heterocycles. The van der Waals surface area contributed by atoms with E-state index in [9.17, 15) is 4.39 Å². The highest BCUT2D eigenvalue weighted by Crippen LogP contribution is 2.27. The van der Waals surface area contributed by atoms with Crippen LogP contribution in [0.3, 0.4) is 0 Å². The maximum atomic E-state index is 13.5. The monoisotopic (exact) mass is 287 g/mol. The van der Waals surface area contributed by atoms with Gasteiger partial charge in [0.15, 0.2) is 0 Å². The van der Waals surface area contributed by atoms with E-state index < -0.39 is 0 Å². The van der Waals surface area contributed by atoms with Gasteiger partial charge < -0.3 is 10.1 Å². The fraction of sp³-hybridized carbons (Fsp3) is 0.333. The lowest BCUT2D eigenvalue weighted by atomic mass is 9.97. The predicted octanol–water partition coefficient (Wildman–Crippen LogP) is 4.23. The minimum atomic E-state index is -0.213. The molecular weight excluding hydrogens is 265 g/mol. The minimum Gasteiger partial charge on any atom is -0.496 e. The van der Waals surface area contributed by atoms with Crippen molar-refractivity contribution in [1.82, 2.24) is 5.32 Å². The van der Waals surface area contributed by atoms with Gasteiger partial charge in [0.1, 0.15) is 11.6 Å². The average molecular weight is 287 g/mol. The lowest BCUT2D eigenvalue weighted by molar-refractivity contribution is 0.410. The molecule has 21 heavy (non-hydrogen) atoms. The number of benzene rings is 2. The molecule has 2 nitrogen and oxygen atoms in total. The van der Waals surface area contributed by atoms with Crippen LogP contribution < -0.4 is 10.1 Å². The fourth-order valence-corrected chi connectivity index (χ4v) is 2.42. The van der Waals surface area contributed by atoms with Gasteiger partial charge >= 0.3 is 0 Å². The van der Waals surface area contributed by atoms with Crippen LogP contribution in [0.1, 0.15) is 36.1 Å². The first-order valence-electron chi connectivity index (χ1n) is 7.29. The molecule has 1 N–H and O–H groups in total. The molecule has 0 saturated heterocycles. The molecule has 112 valence electrons. The van der Waals surface area contributed by atoms with Crippen LogP contribution in [0.2, 0.25) is 0 Å². The van der Waals surface area contributed by atoms with E-state index in [0.717, 1.165) is 35.4 Å². The number of ether oxygens (including phenoxy) is 1. The van der Waals surface area contributed by atoms with Crippen molar-refractivity contribution in [3.63, 3.8) is 0 Å². The van der Waals surface area contributed by atoms with Crippen molar-refractivity contribution >= 4 is 0 Å². The first-order valence-corrected chi connectivity index (χ1v) is 7.29. The van der Waals surface area contributed by atoms with E-state index in [1.54, 1.807) is 19.2 Å². The standard InChI is InChI=1S/C18H22FNO/c1-4-10-20-18(14-6-5-7-16(19)11-14)15-9-8-13(2)17(12-15)21-3/h5-9,11-12,18,20H,4,10H2,1-3H3. The largest absolute Gasteiger partial charge is 0.496 e. The summed E-state index contributed by atoms with van der Waals surface area (Å²) in [6, 6.07) is 12.8. The molecule has 1 atom stereocenters. The number of methoxy groups -OCH3 is 1. The van der Waals surface area contributed by atoms with Crippen LogP contribution in [0.4, 0.5) is 4.39 Å². The summed E-state index contributed by atoms with van der Waals surface area (Å²) >= 11 is 0. The number of rotatable bonds is 6. The number of nitrogens with one attached hydrogen (secondary N) is 1. The summed E-state index contributed by atoms with van der Waals surface area (Å²) in [5.74, 6) is 0.641. The van der Waals surface area contributed by atoms with Gasteiger partial charge in [-0.15, -0.1) is 0 Å². The van der Waals surface area contributed by atoms with E-state index in [2.05, 4.69) is 18.3 Å². The Kier molecular flexibility index (Phi) is 5.34. The zero-order valence-corrected chi connectivity index (χ0v) is 12.8. The lowest BCUT2D eigenvalue weighted by Gasteiger charge is -2.21. The van der Waals surface area contributed by atoms with E-state index in [0.29, 0.717) is 0 Å². The molecule has 0 fully saturated rings. The minimum absolute atomic E-state index is 0.0323. The maximum absolute atomic E-state index is 13.5. The Labute approximate surface area is 126 Å². The molecule has 0 heterocycles. The second-order valence-corrected chi connectivity index (χ2v) is 5.17.